The molecule has 1 fully saturated rings. The molecule has 1 aliphatic carbocycles. The van der Waals surface area contributed by atoms with Crippen molar-refractivity contribution in [3.63, 3.8) is 0 Å². The Bertz CT molecular complexity index is 870. The number of allylic oxidation sites excluding steroid dienone is 2. The van der Waals surface area contributed by atoms with Gasteiger partial charge >= 0.3 is 5.97 Å². The van der Waals surface area contributed by atoms with E-state index in [1.54, 1.807) is 0 Å². The summed E-state index contributed by atoms with van der Waals surface area (Å²) < 4.78 is 11.7. The summed E-state index contributed by atoms with van der Waals surface area (Å²) in [4.78, 5) is 22.9. The molecule has 0 N–H and O–H groups in total. The molecule has 1 saturated carbocycles. The summed E-state index contributed by atoms with van der Waals surface area (Å²) in [6, 6.07) is 8.48. The number of rotatable bonds is 11. The van der Waals surface area contributed by atoms with Gasteiger partial charge in [-0.25, -0.2) is 0 Å². The number of halogens is 1. The number of esters is 1. The minimum atomic E-state index is -1.98. The van der Waals surface area contributed by atoms with E-state index in [2.05, 4.69) is 70.3 Å². The van der Waals surface area contributed by atoms with Crippen molar-refractivity contribution in [1.29, 1.82) is 0 Å². The van der Waals surface area contributed by atoms with E-state index in [9.17, 15) is 9.59 Å². The second-order valence-corrected chi connectivity index (χ2v) is 17.3. The number of aldehydes is 1. The lowest BCUT2D eigenvalue weighted by atomic mass is 9.82. The Hall–Kier alpha value is -1.43. The third-order valence-corrected chi connectivity index (χ3v) is 12.9. The minimum Gasteiger partial charge on any atom is -0.469 e. The molecular formula is C29H45ClO4Si. The summed E-state index contributed by atoms with van der Waals surface area (Å²) in [7, 11) is -0.556. The fraction of sp³-hybridized carbons (Fsp3) is 0.655. The summed E-state index contributed by atoms with van der Waals surface area (Å²) in [5.74, 6) is 0.287. The standard InChI is InChI=1S/C29H45ClO4Si/c1-28(2,3)35(7,8)34-25-19-24(30)23(13-11-9-10-12-14-26(32)33-6)27(25)21-15-17-22(18-16-21)29(4,5)20-31/h9,11,15-18,20,23-25,27H,10,12-14,19H2,1-8H3/t23-,24+,25+,27?/m0/s1. The van der Waals surface area contributed by atoms with Crippen LogP contribution in [0.5, 0.6) is 0 Å². The molecule has 35 heavy (non-hydrogen) atoms. The maximum absolute atomic E-state index is 11.5. The van der Waals surface area contributed by atoms with Gasteiger partial charge in [-0.2, -0.15) is 0 Å². The monoisotopic (exact) mass is 520 g/mol. The van der Waals surface area contributed by atoms with E-state index in [0.29, 0.717) is 6.42 Å². The van der Waals surface area contributed by atoms with Crippen LogP contribution in [0.1, 0.15) is 83.8 Å². The van der Waals surface area contributed by atoms with Crippen LogP contribution in [0.4, 0.5) is 0 Å². The lowest BCUT2D eigenvalue weighted by Crippen LogP contribution is -2.44. The van der Waals surface area contributed by atoms with Crippen molar-refractivity contribution in [2.75, 3.05) is 7.11 Å². The highest BCUT2D eigenvalue weighted by molar-refractivity contribution is 6.74. The highest BCUT2D eigenvalue weighted by atomic mass is 35.5. The number of benzene rings is 1. The number of methoxy groups -OCH3 is 1. The third-order valence-electron chi connectivity index (χ3n) is 7.92. The van der Waals surface area contributed by atoms with E-state index in [1.165, 1.54) is 12.7 Å². The van der Waals surface area contributed by atoms with Crippen LogP contribution in [0.2, 0.25) is 18.1 Å². The normalized spacial score (nSPS) is 23.6. The lowest BCUT2D eigenvalue weighted by Gasteiger charge is -2.40. The molecule has 0 amide bonds. The summed E-state index contributed by atoms with van der Waals surface area (Å²) >= 11 is 6.98. The van der Waals surface area contributed by atoms with E-state index >= 15 is 0 Å². The molecule has 1 aliphatic rings. The van der Waals surface area contributed by atoms with Crippen molar-refractivity contribution in [2.24, 2.45) is 5.92 Å². The van der Waals surface area contributed by atoms with E-state index in [1.807, 2.05) is 13.8 Å². The van der Waals surface area contributed by atoms with Gasteiger partial charge < -0.3 is 14.0 Å². The molecule has 1 aromatic carbocycles. The molecule has 0 aliphatic heterocycles. The van der Waals surface area contributed by atoms with Crippen LogP contribution in [0.25, 0.3) is 0 Å². The smallest absolute Gasteiger partial charge is 0.305 e. The Kier molecular flexibility index (Phi) is 10.4. The number of alkyl halides is 1. The maximum atomic E-state index is 11.5. The van der Waals surface area contributed by atoms with Crippen LogP contribution < -0.4 is 0 Å². The zero-order valence-corrected chi connectivity index (χ0v) is 24.7. The van der Waals surface area contributed by atoms with E-state index in [-0.39, 0.29) is 34.3 Å². The molecule has 1 unspecified atom stereocenters. The Morgan fingerprint density at radius 2 is 1.74 bits per heavy atom. The average Bonchev–Trinajstić information content (AvgIpc) is 3.09. The third kappa shape index (κ3) is 7.77. The van der Waals surface area contributed by atoms with Gasteiger partial charge in [-0.3, -0.25) is 4.79 Å². The zero-order valence-electron chi connectivity index (χ0n) is 22.9. The first-order valence-corrected chi connectivity index (χ1v) is 16.2. The molecule has 4 nitrogen and oxygen atoms in total. The Balaban J connectivity index is 2.27. The van der Waals surface area contributed by atoms with Gasteiger partial charge in [0.2, 0.25) is 0 Å². The summed E-state index contributed by atoms with van der Waals surface area (Å²) in [6.07, 6.45) is 9.22. The maximum Gasteiger partial charge on any atom is 0.305 e. The van der Waals surface area contributed by atoms with Crippen molar-refractivity contribution in [3.05, 3.63) is 47.5 Å². The zero-order chi connectivity index (χ0) is 26.4. The number of hydrogen-bond acceptors (Lipinski definition) is 4. The number of hydrogen-bond donors (Lipinski definition) is 0. The van der Waals surface area contributed by atoms with Crippen molar-refractivity contribution < 1.29 is 18.8 Å². The second kappa shape index (κ2) is 12.2. The second-order valence-electron chi connectivity index (χ2n) is 12.0. The number of ether oxygens (including phenoxy) is 1. The highest BCUT2D eigenvalue weighted by Gasteiger charge is 2.48. The molecule has 0 aromatic heterocycles. The Labute approximate surface area is 218 Å². The van der Waals surface area contributed by atoms with Gasteiger partial charge in [0, 0.05) is 23.1 Å². The average molecular weight is 521 g/mol. The first-order valence-electron chi connectivity index (χ1n) is 12.8. The van der Waals surface area contributed by atoms with Crippen molar-refractivity contribution >= 4 is 32.2 Å². The van der Waals surface area contributed by atoms with Gasteiger partial charge in [-0.1, -0.05) is 57.2 Å². The topological polar surface area (TPSA) is 52.6 Å². The van der Waals surface area contributed by atoms with Crippen LogP contribution in [-0.4, -0.2) is 39.2 Å². The van der Waals surface area contributed by atoms with Gasteiger partial charge in [0.05, 0.1) is 13.2 Å². The number of carbonyl (C=O) groups is 2. The minimum absolute atomic E-state index is 0.0283. The molecule has 1 aromatic rings. The summed E-state index contributed by atoms with van der Waals surface area (Å²) in [5.41, 5.74) is 1.74. The SMILES string of the molecule is COC(=O)CCCC=CC[C@@H]1C(c2ccc(C(C)(C)C=O)cc2)[C@H](O[Si](C)(C)C(C)(C)C)C[C@H]1Cl. The molecule has 0 radical (unpaired) electrons. The van der Waals surface area contributed by atoms with Crippen molar-refractivity contribution in [1.82, 2.24) is 0 Å². The fourth-order valence-electron chi connectivity index (χ4n) is 4.52. The molecule has 0 saturated heterocycles. The van der Waals surface area contributed by atoms with Crippen LogP contribution in [-0.2, 0) is 24.2 Å². The van der Waals surface area contributed by atoms with Gasteiger partial charge in [0.25, 0.3) is 0 Å². The van der Waals surface area contributed by atoms with Crippen LogP contribution in [0, 0.1) is 5.92 Å². The van der Waals surface area contributed by atoms with Crippen LogP contribution >= 0.6 is 11.6 Å². The van der Waals surface area contributed by atoms with Gasteiger partial charge in [-0.15, -0.1) is 11.6 Å². The Morgan fingerprint density at radius 3 is 2.29 bits per heavy atom. The van der Waals surface area contributed by atoms with Gasteiger partial charge in [0.1, 0.15) is 6.29 Å². The molecule has 0 heterocycles. The molecule has 0 bridgehead atoms. The van der Waals surface area contributed by atoms with Crippen molar-refractivity contribution in [2.45, 2.75) is 108 Å². The molecule has 0 spiro atoms. The highest BCUT2D eigenvalue weighted by Crippen LogP contribution is 2.49. The predicted molar refractivity (Wildman–Crippen MR) is 148 cm³/mol. The van der Waals surface area contributed by atoms with E-state index in [4.69, 9.17) is 20.8 Å². The summed E-state index contributed by atoms with van der Waals surface area (Å²) in [5, 5.41) is 0.148. The van der Waals surface area contributed by atoms with E-state index < -0.39 is 13.7 Å². The van der Waals surface area contributed by atoms with Crippen LogP contribution in [0.15, 0.2) is 36.4 Å². The molecule has 6 heteroatoms. The quantitative estimate of drug-likeness (QED) is 0.0754. The van der Waals surface area contributed by atoms with Gasteiger partial charge in [0.15, 0.2) is 8.32 Å². The number of carbonyl (C=O) groups excluding carboxylic acids is 2. The molecule has 196 valence electrons. The fourth-order valence-corrected chi connectivity index (χ4v) is 6.31. The molecule has 4 atom stereocenters. The first-order chi connectivity index (χ1) is 16.2. The molecule has 2 rings (SSSR count). The number of unbranched alkanes of at least 4 members (excludes halogenated alkanes) is 1. The molecular weight excluding hydrogens is 476 g/mol. The van der Waals surface area contributed by atoms with Crippen LogP contribution in [0.3, 0.4) is 0 Å². The van der Waals surface area contributed by atoms with E-state index in [0.717, 1.165) is 37.5 Å². The first kappa shape index (κ1) is 29.8. The van der Waals surface area contributed by atoms with Gasteiger partial charge in [-0.05, 0) is 74.7 Å². The summed E-state index contributed by atoms with van der Waals surface area (Å²) in [6.45, 7) is 15.3. The lowest BCUT2D eigenvalue weighted by molar-refractivity contribution is -0.140. The van der Waals surface area contributed by atoms with Crippen molar-refractivity contribution in [3.8, 4) is 0 Å². The Morgan fingerprint density at radius 1 is 1.11 bits per heavy atom. The predicted octanol–water partition coefficient (Wildman–Crippen LogP) is 7.55. The largest absolute Gasteiger partial charge is 0.469 e.